The molecule has 2 aromatic heterocycles. The van der Waals surface area contributed by atoms with Crippen LogP contribution in [0.3, 0.4) is 0 Å². The van der Waals surface area contributed by atoms with E-state index in [-0.39, 0.29) is 5.82 Å². The van der Waals surface area contributed by atoms with Crippen molar-refractivity contribution in [3.63, 3.8) is 0 Å². The van der Waals surface area contributed by atoms with Crippen molar-refractivity contribution in [3.05, 3.63) is 29.8 Å². The van der Waals surface area contributed by atoms with Crippen LogP contribution in [0.25, 0.3) is 16.7 Å². The lowest BCUT2D eigenvalue weighted by Gasteiger charge is -2.19. The van der Waals surface area contributed by atoms with E-state index in [0.29, 0.717) is 41.4 Å². The van der Waals surface area contributed by atoms with Crippen molar-refractivity contribution in [1.82, 2.24) is 24.9 Å². The van der Waals surface area contributed by atoms with Gasteiger partial charge in [-0.2, -0.15) is 0 Å². The van der Waals surface area contributed by atoms with Crippen LogP contribution >= 0.6 is 0 Å². The molecule has 0 atom stereocenters. The molecule has 2 N–H and O–H groups in total. The number of carbonyl (C=O) groups is 1. The highest BCUT2D eigenvalue weighted by Gasteiger charge is 2.16. The Kier molecular flexibility index (Phi) is 5.62. The van der Waals surface area contributed by atoms with Crippen LogP contribution in [-0.2, 0) is 4.74 Å². The Hall–Kier alpha value is -2.97. The van der Waals surface area contributed by atoms with Gasteiger partial charge in [-0.1, -0.05) is 0 Å². The van der Waals surface area contributed by atoms with Crippen molar-refractivity contribution < 1.29 is 13.9 Å². The fourth-order valence-electron chi connectivity index (χ4n) is 2.82. The smallest absolute Gasteiger partial charge is 0.407 e. The van der Waals surface area contributed by atoms with E-state index in [1.807, 2.05) is 27.7 Å². The minimum Gasteiger partial charge on any atom is -0.444 e. The third kappa shape index (κ3) is 4.65. The van der Waals surface area contributed by atoms with Crippen LogP contribution < -0.4 is 10.6 Å². The molecule has 0 unspecified atom stereocenters. The predicted molar refractivity (Wildman–Crippen MR) is 105 cm³/mol. The fourth-order valence-corrected chi connectivity index (χ4v) is 2.82. The van der Waals surface area contributed by atoms with Crippen molar-refractivity contribution in [2.45, 2.75) is 46.1 Å². The summed E-state index contributed by atoms with van der Waals surface area (Å²) >= 11 is 0. The van der Waals surface area contributed by atoms with Crippen LogP contribution in [0.15, 0.2) is 18.2 Å². The molecule has 3 aromatic rings. The molecule has 0 fully saturated rings. The summed E-state index contributed by atoms with van der Waals surface area (Å²) in [5, 5.41) is 14.2. The maximum absolute atomic E-state index is 13.6. The Morgan fingerprint density at radius 1 is 1.21 bits per heavy atom. The summed E-state index contributed by atoms with van der Waals surface area (Å²) in [4.78, 5) is 16.2. The topological polar surface area (TPSA) is 93.4 Å². The minimum absolute atomic E-state index is 0.332. The molecule has 1 amide bonds. The number of benzene rings is 1. The molecular weight excluding hydrogens is 363 g/mol. The summed E-state index contributed by atoms with van der Waals surface area (Å²) in [5.41, 5.74) is 1.34. The molecule has 0 saturated heterocycles. The molecule has 0 aliphatic heterocycles. The number of carbonyl (C=O) groups excluding carboxylic acids is 1. The largest absolute Gasteiger partial charge is 0.444 e. The lowest BCUT2D eigenvalue weighted by Crippen LogP contribution is -2.33. The number of alkyl carbamates (subject to hydrolysis) is 1. The van der Waals surface area contributed by atoms with Gasteiger partial charge >= 0.3 is 6.09 Å². The maximum Gasteiger partial charge on any atom is 0.407 e. The SMILES string of the molecule is Cc1nnc2c(NCCCCNC(=O)OC(C)(C)C)nc3ccc(F)cc3n12. The Morgan fingerprint density at radius 3 is 2.71 bits per heavy atom. The highest BCUT2D eigenvalue weighted by Crippen LogP contribution is 2.22. The first-order valence-electron chi connectivity index (χ1n) is 9.26. The predicted octanol–water partition coefficient (Wildman–Crippen LogP) is 3.44. The van der Waals surface area contributed by atoms with E-state index in [4.69, 9.17) is 4.74 Å². The molecule has 9 heteroatoms. The normalized spacial score (nSPS) is 11.8. The highest BCUT2D eigenvalue weighted by molar-refractivity contribution is 5.83. The summed E-state index contributed by atoms with van der Waals surface area (Å²) in [7, 11) is 0. The van der Waals surface area contributed by atoms with Gasteiger partial charge in [0.2, 0.25) is 5.65 Å². The summed E-state index contributed by atoms with van der Waals surface area (Å²) < 4.78 is 20.6. The molecule has 3 rings (SSSR count). The first-order chi connectivity index (χ1) is 13.2. The van der Waals surface area contributed by atoms with Crippen molar-refractivity contribution in [1.29, 1.82) is 0 Å². The number of nitrogens with one attached hydrogen (secondary N) is 2. The van der Waals surface area contributed by atoms with Crippen molar-refractivity contribution in [3.8, 4) is 0 Å². The van der Waals surface area contributed by atoms with Crippen LogP contribution in [0.4, 0.5) is 15.0 Å². The van der Waals surface area contributed by atoms with E-state index < -0.39 is 11.7 Å². The number of aryl methyl sites for hydroxylation is 1. The second-order valence-corrected chi connectivity index (χ2v) is 7.56. The summed E-state index contributed by atoms with van der Waals surface area (Å²) in [5.74, 6) is 0.930. The van der Waals surface area contributed by atoms with E-state index in [1.165, 1.54) is 12.1 Å². The second-order valence-electron chi connectivity index (χ2n) is 7.56. The minimum atomic E-state index is -0.502. The van der Waals surface area contributed by atoms with Crippen molar-refractivity contribution in [2.75, 3.05) is 18.4 Å². The van der Waals surface area contributed by atoms with E-state index in [2.05, 4.69) is 25.8 Å². The number of ether oxygens (including phenoxy) is 1. The molecule has 0 aliphatic carbocycles. The lowest BCUT2D eigenvalue weighted by molar-refractivity contribution is 0.0527. The quantitative estimate of drug-likeness (QED) is 0.628. The maximum atomic E-state index is 13.6. The average molecular weight is 388 g/mol. The highest BCUT2D eigenvalue weighted by atomic mass is 19.1. The van der Waals surface area contributed by atoms with Gasteiger partial charge in [0.15, 0.2) is 5.82 Å². The zero-order valence-corrected chi connectivity index (χ0v) is 16.5. The third-order valence-electron chi connectivity index (χ3n) is 4.01. The number of anilines is 1. The number of unbranched alkanes of at least 4 members (excludes halogenated alkanes) is 1. The van der Waals surface area contributed by atoms with Gasteiger partial charge in [0.05, 0.1) is 11.0 Å². The molecular formula is C19H25FN6O2. The van der Waals surface area contributed by atoms with Gasteiger partial charge in [0.25, 0.3) is 0 Å². The number of fused-ring (bicyclic) bond motifs is 3. The van der Waals surface area contributed by atoms with Crippen LogP contribution in [0, 0.1) is 12.7 Å². The van der Waals surface area contributed by atoms with Crippen LogP contribution in [0.2, 0.25) is 0 Å². The molecule has 28 heavy (non-hydrogen) atoms. The number of aromatic nitrogens is 4. The van der Waals surface area contributed by atoms with Crippen LogP contribution in [-0.4, -0.2) is 44.4 Å². The summed E-state index contributed by atoms with van der Waals surface area (Å²) in [6, 6.07) is 4.45. The second kappa shape index (κ2) is 7.95. The Labute approximate surface area is 162 Å². The van der Waals surface area contributed by atoms with Crippen LogP contribution in [0.5, 0.6) is 0 Å². The first kappa shape index (κ1) is 19.8. The van der Waals surface area contributed by atoms with E-state index in [0.717, 1.165) is 12.8 Å². The fraction of sp³-hybridized carbons (Fsp3) is 0.474. The van der Waals surface area contributed by atoms with E-state index >= 15 is 0 Å². The molecule has 0 saturated carbocycles. The van der Waals surface area contributed by atoms with Gasteiger partial charge in [0, 0.05) is 19.2 Å². The van der Waals surface area contributed by atoms with Crippen molar-refractivity contribution >= 4 is 28.6 Å². The Balaban J connectivity index is 1.59. The number of halogens is 1. The summed E-state index contributed by atoms with van der Waals surface area (Å²) in [6.07, 6.45) is 1.19. The Morgan fingerprint density at radius 2 is 1.96 bits per heavy atom. The lowest BCUT2D eigenvalue weighted by atomic mass is 10.2. The first-order valence-corrected chi connectivity index (χ1v) is 9.26. The molecule has 1 aromatic carbocycles. The van der Waals surface area contributed by atoms with Gasteiger partial charge < -0.3 is 15.4 Å². The monoisotopic (exact) mass is 388 g/mol. The van der Waals surface area contributed by atoms with Gasteiger partial charge in [-0.05, 0) is 52.7 Å². The van der Waals surface area contributed by atoms with Crippen molar-refractivity contribution in [2.24, 2.45) is 0 Å². The number of rotatable bonds is 6. The molecule has 0 bridgehead atoms. The number of hydrogen-bond donors (Lipinski definition) is 2. The van der Waals surface area contributed by atoms with E-state index in [9.17, 15) is 9.18 Å². The third-order valence-corrected chi connectivity index (χ3v) is 4.01. The zero-order chi connectivity index (χ0) is 20.3. The zero-order valence-electron chi connectivity index (χ0n) is 16.5. The molecule has 150 valence electrons. The average Bonchev–Trinajstić information content (AvgIpc) is 2.99. The van der Waals surface area contributed by atoms with Gasteiger partial charge in [-0.15, -0.1) is 10.2 Å². The van der Waals surface area contributed by atoms with Gasteiger partial charge in [-0.3, -0.25) is 4.40 Å². The molecule has 8 nitrogen and oxygen atoms in total. The van der Waals surface area contributed by atoms with Crippen LogP contribution in [0.1, 0.15) is 39.4 Å². The Bertz CT molecular complexity index is 995. The number of hydrogen-bond acceptors (Lipinski definition) is 6. The summed E-state index contributed by atoms with van der Waals surface area (Å²) in [6.45, 7) is 8.48. The van der Waals surface area contributed by atoms with Gasteiger partial charge in [-0.25, -0.2) is 14.2 Å². The number of nitrogens with zero attached hydrogens (tertiary/aromatic N) is 4. The molecule has 0 spiro atoms. The van der Waals surface area contributed by atoms with Gasteiger partial charge in [0.1, 0.15) is 17.2 Å². The molecule has 0 aliphatic rings. The van der Waals surface area contributed by atoms with E-state index in [1.54, 1.807) is 10.5 Å². The number of amides is 1. The standard InChI is InChI=1S/C19H25FN6O2/c1-12-24-25-17-16(23-14-8-7-13(20)11-15(14)26(12)17)21-9-5-6-10-22-18(27)28-19(2,3)4/h7-8,11H,5-6,9-10H2,1-4H3,(H,21,23)(H,22,27). The molecule has 0 radical (unpaired) electrons. The molecule has 2 heterocycles.